The Kier molecular flexibility index (Phi) is 6.33. The summed E-state index contributed by atoms with van der Waals surface area (Å²) in [5, 5.41) is 0. The van der Waals surface area contributed by atoms with Crippen molar-refractivity contribution < 1.29 is 31.1 Å². The maximum Gasteiger partial charge on any atom is 0.245 e. The van der Waals surface area contributed by atoms with E-state index in [-0.39, 0.29) is 34.9 Å². The maximum atomic E-state index is 13.5. The van der Waals surface area contributed by atoms with Gasteiger partial charge < -0.3 is 9.64 Å². The summed E-state index contributed by atoms with van der Waals surface area (Å²) in [7, 11) is -1.45. The molecule has 0 unspecified atom stereocenters. The van der Waals surface area contributed by atoms with Gasteiger partial charge in [-0.25, -0.2) is 21.6 Å². The van der Waals surface area contributed by atoms with Crippen molar-refractivity contribution in [3.05, 3.63) is 47.8 Å². The molecule has 0 amide bonds. The van der Waals surface area contributed by atoms with Crippen LogP contribution in [0.25, 0.3) is 0 Å². The van der Waals surface area contributed by atoms with Crippen molar-refractivity contribution in [2.45, 2.75) is 36.6 Å². The molecule has 1 aliphatic rings. The first-order valence-corrected chi connectivity index (χ1v) is 11.0. The van der Waals surface area contributed by atoms with Gasteiger partial charge in [-0.05, 0) is 43.7 Å². The lowest BCUT2D eigenvalue weighted by Crippen LogP contribution is -2.41. The van der Waals surface area contributed by atoms with Crippen LogP contribution in [0.1, 0.15) is 30.1 Å². The Morgan fingerprint density at radius 2 is 1.87 bits per heavy atom. The topological polar surface area (TPSA) is 66.9 Å². The van der Waals surface area contributed by atoms with Gasteiger partial charge in [-0.2, -0.15) is 4.31 Å². The van der Waals surface area contributed by atoms with Gasteiger partial charge in [0.25, 0.3) is 0 Å². The van der Waals surface area contributed by atoms with Gasteiger partial charge in [-0.1, -0.05) is 0 Å². The molecule has 0 aliphatic carbocycles. The zero-order chi connectivity index (χ0) is 23.0. The first kappa shape index (κ1) is 23.1. The Morgan fingerprint density at radius 3 is 2.42 bits per heavy atom. The van der Waals surface area contributed by atoms with Crippen molar-refractivity contribution in [3.8, 4) is 5.75 Å². The zero-order valence-corrected chi connectivity index (χ0v) is 18.1. The summed E-state index contributed by atoms with van der Waals surface area (Å²) in [6, 6.07) is 7.21. The van der Waals surface area contributed by atoms with E-state index in [1.165, 1.54) is 50.6 Å². The molecule has 2 aromatic rings. The first-order chi connectivity index (χ1) is 14.5. The van der Waals surface area contributed by atoms with Crippen LogP contribution >= 0.6 is 0 Å². The molecule has 1 atom stereocenters. The molecule has 10 heteroatoms. The second-order valence-corrected chi connectivity index (χ2v) is 9.52. The lowest BCUT2D eigenvalue weighted by molar-refractivity contribution is 0.00679. The van der Waals surface area contributed by atoms with Crippen LogP contribution in [0.3, 0.4) is 0 Å². The minimum atomic E-state index is -4.10. The molecule has 0 radical (unpaired) electrons. The highest BCUT2D eigenvalue weighted by molar-refractivity contribution is 7.89. The standard InChI is InChI=1S/C21H23F3N2O4S/c1-21(23,24)9-8-17-12-26(16-6-4-15(22)5-7-16)18-10-14(13-27)19(30-3)11-20(18)31(28,29)25(17)2/h4-7,10-11,13,17H,8-9,12H2,1-3H3/t17-/m1/s1. The third kappa shape index (κ3) is 4.69. The van der Waals surface area contributed by atoms with Crippen LogP contribution < -0.4 is 9.64 Å². The fourth-order valence-corrected chi connectivity index (χ4v) is 5.15. The first-order valence-electron chi connectivity index (χ1n) is 9.54. The highest BCUT2D eigenvalue weighted by Gasteiger charge is 2.39. The van der Waals surface area contributed by atoms with Crippen molar-refractivity contribution in [2.24, 2.45) is 0 Å². The molecule has 0 saturated heterocycles. The van der Waals surface area contributed by atoms with Crippen LogP contribution in [0, 0.1) is 5.82 Å². The van der Waals surface area contributed by atoms with Crippen molar-refractivity contribution >= 4 is 27.7 Å². The van der Waals surface area contributed by atoms with E-state index in [1.54, 1.807) is 4.90 Å². The summed E-state index contributed by atoms with van der Waals surface area (Å²) >= 11 is 0. The van der Waals surface area contributed by atoms with Crippen molar-refractivity contribution in [3.63, 3.8) is 0 Å². The molecule has 0 bridgehead atoms. The summed E-state index contributed by atoms with van der Waals surface area (Å²) in [5.41, 5.74) is 0.778. The number of sulfonamides is 1. The average Bonchev–Trinajstić information content (AvgIpc) is 2.79. The van der Waals surface area contributed by atoms with Gasteiger partial charge in [0.1, 0.15) is 16.5 Å². The van der Waals surface area contributed by atoms with E-state index < -0.39 is 34.2 Å². The van der Waals surface area contributed by atoms with E-state index in [0.29, 0.717) is 12.0 Å². The quantitative estimate of drug-likeness (QED) is 0.609. The number of nitrogens with zero attached hydrogens (tertiary/aromatic N) is 2. The minimum Gasteiger partial charge on any atom is -0.496 e. The van der Waals surface area contributed by atoms with E-state index >= 15 is 0 Å². The Hall–Kier alpha value is -2.59. The highest BCUT2D eigenvalue weighted by Crippen LogP contribution is 2.41. The smallest absolute Gasteiger partial charge is 0.245 e. The molecule has 0 saturated carbocycles. The van der Waals surface area contributed by atoms with Gasteiger partial charge in [0.2, 0.25) is 15.9 Å². The Labute approximate surface area is 179 Å². The van der Waals surface area contributed by atoms with Gasteiger partial charge in [-0.3, -0.25) is 4.79 Å². The fourth-order valence-electron chi connectivity index (χ4n) is 3.59. The van der Waals surface area contributed by atoms with E-state index in [4.69, 9.17) is 4.74 Å². The lowest BCUT2D eigenvalue weighted by Gasteiger charge is -2.30. The number of fused-ring (bicyclic) bond motifs is 1. The number of carbonyl (C=O) groups is 1. The molecule has 1 heterocycles. The number of carbonyl (C=O) groups excluding carboxylic acids is 1. The predicted octanol–water partition coefficient (Wildman–Crippen LogP) is 4.22. The minimum absolute atomic E-state index is 0.0368. The fraction of sp³-hybridized carbons (Fsp3) is 0.381. The third-order valence-electron chi connectivity index (χ3n) is 5.35. The van der Waals surface area contributed by atoms with Crippen LogP contribution in [0.15, 0.2) is 41.3 Å². The second-order valence-electron chi connectivity index (χ2n) is 7.55. The van der Waals surface area contributed by atoms with Crippen LogP contribution in [-0.2, 0) is 10.0 Å². The number of likely N-dealkylation sites (N-methyl/N-ethyl adjacent to an activating group) is 1. The normalized spacial score (nSPS) is 18.9. The van der Waals surface area contributed by atoms with Crippen LogP contribution in [-0.4, -0.2) is 51.7 Å². The summed E-state index contributed by atoms with van der Waals surface area (Å²) < 4.78 is 73.5. The van der Waals surface area contributed by atoms with Gasteiger partial charge in [0.05, 0.1) is 18.4 Å². The third-order valence-corrected chi connectivity index (χ3v) is 7.29. The zero-order valence-electron chi connectivity index (χ0n) is 17.3. The molecule has 1 aliphatic heterocycles. The molecule has 0 aromatic heterocycles. The van der Waals surface area contributed by atoms with Crippen LogP contribution in [0.5, 0.6) is 5.75 Å². The second kappa shape index (κ2) is 8.51. The Morgan fingerprint density at radius 1 is 1.23 bits per heavy atom. The Bertz CT molecular complexity index is 1070. The summed E-state index contributed by atoms with van der Waals surface area (Å²) in [5.74, 6) is -3.37. The molecule has 31 heavy (non-hydrogen) atoms. The van der Waals surface area contributed by atoms with Gasteiger partial charge in [0, 0.05) is 37.8 Å². The largest absolute Gasteiger partial charge is 0.496 e. The van der Waals surface area contributed by atoms with Crippen molar-refractivity contribution in [2.75, 3.05) is 25.6 Å². The SMILES string of the molecule is COc1cc2c(cc1C=O)N(c1ccc(F)cc1)C[C@@H](CCC(C)(F)F)N(C)S2(=O)=O. The number of hydrogen-bond donors (Lipinski definition) is 0. The number of ether oxygens (including phenoxy) is 1. The number of aldehydes is 1. The average molecular weight is 456 g/mol. The number of halogens is 3. The molecule has 168 valence electrons. The molecular weight excluding hydrogens is 433 g/mol. The van der Waals surface area contributed by atoms with Gasteiger partial charge in [-0.15, -0.1) is 0 Å². The maximum absolute atomic E-state index is 13.5. The van der Waals surface area contributed by atoms with Crippen LogP contribution in [0.2, 0.25) is 0 Å². The molecular formula is C21H23F3N2O4S. The predicted molar refractivity (Wildman–Crippen MR) is 110 cm³/mol. The van der Waals surface area contributed by atoms with Crippen LogP contribution in [0.4, 0.5) is 24.5 Å². The number of alkyl halides is 2. The molecule has 0 N–H and O–H groups in total. The molecule has 2 aromatic carbocycles. The van der Waals surface area contributed by atoms with Crippen molar-refractivity contribution in [1.82, 2.24) is 4.31 Å². The summed E-state index contributed by atoms with van der Waals surface area (Å²) in [6.07, 6.45) is -0.0606. The number of benzene rings is 2. The van der Waals surface area contributed by atoms with Gasteiger partial charge >= 0.3 is 0 Å². The van der Waals surface area contributed by atoms with E-state index in [2.05, 4.69) is 0 Å². The van der Waals surface area contributed by atoms with E-state index in [0.717, 1.165) is 11.2 Å². The number of methoxy groups -OCH3 is 1. The monoisotopic (exact) mass is 456 g/mol. The summed E-state index contributed by atoms with van der Waals surface area (Å²) in [6.45, 7) is 0.820. The molecule has 0 fully saturated rings. The van der Waals surface area contributed by atoms with E-state index in [1.807, 2.05) is 0 Å². The Balaban J connectivity index is 2.22. The number of anilines is 2. The summed E-state index contributed by atoms with van der Waals surface area (Å²) in [4.78, 5) is 13.0. The molecule has 6 nitrogen and oxygen atoms in total. The molecule has 0 spiro atoms. The van der Waals surface area contributed by atoms with Crippen molar-refractivity contribution in [1.29, 1.82) is 0 Å². The highest BCUT2D eigenvalue weighted by atomic mass is 32.2. The lowest BCUT2D eigenvalue weighted by atomic mass is 10.1. The van der Waals surface area contributed by atoms with Gasteiger partial charge in [0.15, 0.2) is 6.29 Å². The number of hydrogen-bond acceptors (Lipinski definition) is 5. The molecule has 3 rings (SSSR count). The van der Waals surface area contributed by atoms with E-state index in [9.17, 15) is 26.4 Å². The number of rotatable bonds is 6.